The second-order valence-corrected chi connectivity index (χ2v) is 5.17. The second-order valence-electron chi connectivity index (χ2n) is 4.25. The van der Waals surface area contributed by atoms with E-state index in [0.29, 0.717) is 13.0 Å². The Hall–Kier alpha value is -0.740. The van der Waals surface area contributed by atoms with Gasteiger partial charge in [0.1, 0.15) is 5.60 Å². The average Bonchev–Trinajstić information content (AvgIpc) is 2.70. The fraction of sp³-hybridized carbons (Fsp3) is 0.500. The summed E-state index contributed by atoms with van der Waals surface area (Å²) in [6.07, 6.45) is 3.85. The van der Waals surface area contributed by atoms with Crippen LogP contribution in [0, 0.1) is 0 Å². The Balaban J connectivity index is 2.04. The van der Waals surface area contributed by atoms with Crippen molar-refractivity contribution in [2.45, 2.75) is 31.8 Å². The number of carbonyl (C=O) groups is 1. The highest BCUT2D eigenvalue weighted by Crippen LogP contribution is 2.27. The van der Waals surface area contributed by atoms with Crippen LogP contribution in [0.1, 0.15) is 25.5 Å². The van der Waals surface area contributed by atoms with Crippen molar-refractivity contribution in [3.05, 3.63) is 28.5 Å². The van der Waals surface area contributed by atoms with Crippen molar-refractivity contribution in [2.24, 2.45) is 0 Å². The molecule has 4 heteroatoms. The van der Waals surface area contributed by atoms with Crippen LogP contribution >= 0.6 is 15.9 Å². The third-order valence-corrected chi connectivity index (χ3v) is 3.41. The molecule has 1 aliphatic rings. The summed E-state index contributed by atoms with van der Waals surface area (Å²) in [5, 5.41) is 0. The van der Waals surface area contributed by atoms with E-state index >= 15 is 0 Å². The second kappa shape index (κ2) is 4.63. The van der Waals surface area contributed by atoms with Crippen molar-refractivity contribution in [1.82, 2.24) is 4.98 Å². The molecule has 0 radical (unpaired) electrons. The molecule has 1 fully saturated rings. The molecule has 2 heterocycles. The smallest absolute Gasteiger partial charge is 0.170 e. The Morgan fingerprint density at radius 1 is 1.62 bits per heavy atom. The minimum atomic E-state index is -0.589. The lowest BCUT2D eigenvalue weighted by molar-refractivity contribution is -0.136. The maximum absolute atomic E-state index is 12.0. The molecule has 1 atom stereocenters. The average molecular weight is 284 g/mol. The highest BCUT2D eigenvalue weighted by molar-refractivity contribution is 9.10. The first-order valence-corrected chi connectivity index (χ1v) is 6.17. The molecule has 1 aliphatic heterocycles. The minimum Gasteiger partial charge on any atom is -0.367 e. The van der Waals surface area contributed by atoms with Gasteiger partial charge < -0.3 is 4.74 Å². The zero-order valence-electron chi connectivity index (χ0n) is 9.20. The van der Waals surface area contributed by atoms with E-state index in [2.05, 4.69) is 20.9 Å². The van der Waals surface area contributed by atoms with Crippen LogP contribution in [0.4, 0.5) is 0 Å². The number of halogens is 1. The Labute approximate surface area is 103 Å². The summed E-state index contributed by atoms with van der Waals surface area (Å²) in [5.41, 5.74) is 0.208. The molecule has 0 spiro atoms. The van der Waals surface area contributed by atoms with E-state index in [1.165, 1.54) is 0 Å². The van der Waals surface area contributed by atoms with Crippen molar-refractivity contribution in [1.29, 1.82) is 0 Å². The normalized spacial score (nSPS) is 24.6. The van der Waals surface area contributed by atoms with Crippen molar-refractivity contribution in [3.63, 3.8) is 0 Å². The van der Waals surface area contributed by atoms with Crippen molar-refractivity contribution >= 4 is 21.7 Å². The number of hydrogen-bond acceptors (Lipinski definition) is 3. The number of rotatable bonds is 3. The molecule has 1 aromatic rings. The number of carbonyl (C=O) groups excluding carboxylic acids is 1. The molecule has 1 unspecified atom stereocenters. The third-order valence-electron chi connectivity index (χ3n) is 2.94. The monoisotopic (exact) mass is 283 g/mol. The van der Waals surface area contributed by atoms with Crippen LogP contribution in [-0.2, 0) is 16.0 Å². The van der Waals surface area contributed by atoms with Crippen LogP contribution in [0.3, 0.4) is 0 Å². The van der Waals surface area contributed by atoms with E-state index in [1.807, 2.05) is 19.1 Å². The van der Waals surface area contributed by atoms with E-state index in [-0.39, 0.29) is 5.78 Å². The van der Waals surface area contributed by atoms with Gasteiger partial charge in [0.2, 0.25) is 0 Å². The number of hydrogen-bond donors (Lipinski definition) is 0. The molecule has 86 valence electrons. The summed E-state index contributed by atoms with van der Waals surface area (Å²) in [7, 11) is 0. The molecule has 0 aliphatic carbocycles. The topological polar surface area (TPSA) is 39.2 Å². The van der Waals surface area contributed by atoms with Gasteiger partial charge in [0.05, 0.1) is 6.42 Å². The lowest BCUT2D eigenvalue weighted by atomic mass is 9.94. The summed E-state index contributed by atoms with van der Waals surface area (Å²) < 4.78 is 6.43. The first kappa shape index (κ1) is 11.7. The number of ketones is 1. The quantitative estimate of drug-likeness (QED) is 0.856. The van der Waals surface area contributed by atoms with Gasteiger partial charge in [-0.2, -0.15) is 0 Å². The van der Waals surface area contributed by atoms with Gasteiger partial charge in [-0.25, -0.2) is 0 Å². The summed E-state index contributed by atoms with van der Waals surface area (Å²) in [6, 6.07) is 3.76. The van der Waals surface area contributed by atoms with Crippen LogP contribution in [-0.4, -0.2) is 23.0 Å². The fourth-order valence-electron chi connectivity index (χ4n) is 1.86. The predicted molar refractivity (Wildman–Crippen MR) is 64.2 cm³/mol. The molecule has 0 aromatic carbocycles. The van der Waals surface area contributed by atoms with Crippen LogP contribution in [0.25, 0.3) is 0 Å². The highest BCUT2D eigenvalue weighted by atomic mass is 79.9. The molecule has 1 aromatic heterocycles. The Morgan fingerprint density at radius 2 is 2.44 bits per heavy atom. The van der Waals surface area contributed by atoms with Gasteiger partial charge in [-0.1, -0.05) is 0 Å². The van der Waals surface area contributed by atoms with Gasteiger partial charge in [-0.05, 0) is 47.8 Å². The standard InChI is InChI=1S/C12H14BrNO2/c1-12(5-2-6-16-12)11(15)7-10-4-3-9(13)8-14-10/h3-4,8H,2,5-7H2,1H3. The first-order chi connectivity index (χ1) is 7.60. The summed E-state index contributed by atoms with van der Waals surface area (Å²) in [5.74, 6) is 0.125. The zero-order valence-corrected chi connectivity index (χ0v) is 10.8. The Morgan fingerprint density at radius 3 is 3.00 bits per heavy atom. The van der Waals surface area contributed by atoms with Gasteiger partial charge >= 0.3 is 0 Å². The Bertz CT molecular complexity index is 383. The number of pyridine rings is 1. The predicted octanol–water partition coefficient (Wildman–Crippen LogP) is 2.52. The Kier molecular flexibility index (Phi) is 3.40. The van der Waals surface area contributed by atoms with Crippen LogP contribution in [0.2, 0.25) is 0 Å². The molecule has 0 bridgehead atoms. The van der Waals surface area contributed by atoms with Gasteiger partial charge in [0.25, 0.3) is 0 Å². The molecular formula is C12H14BrNO2. The minimum absolute atomic E-state index is 0.125. The van der Waals surface area contributed by atoms with E-state index in [4.69, 9.17) is 4.74 Å². The summed E-state index contributed by atoms with van der Waals surface area (Å²) in [6.45, 7) is 2.57. The molecule has 2 rings (SSSR count). The van der Waals surface area contributed by atoms with Crippen molar-refractivity contribution < 1.29 is 9.53 Å². The van der Waals surface area contributed by atoms with E-state index in [9.17, 15) is 4.79 Å². The van der Waals surface area contributed by atoms with Gasteiger partial charge in [0.15, 0.2) is 5.78 Å². The van der Waals surface area contributed by atoms with Gasteiger partial charge in [-0.3, -0.25) is 9.78 Å². The van der Waals surface area contributed by atoms with Crippen molar-refractivity contribution in [3.8, 4) is 0 Å². The van der Waals surface area contributed by atoms with E-state index in [1.54, 1.807) is 6.20 Å². The third kappa shape index (κ3) is 2.50. The number of ether oxygens (including phenoxy) is 1. The highest BCUT2D eigenvalue weighted by Gasteiger charge is 2.37. The molecule has 0 amide bonds. The van der Waals surface area contributed by atoms with E-state index in [0.717, 1.165) is 23.0 Å². The number of nitrogens with zero attached hydrogens (tertiary/aromatic N) is 1. The molecular weight excluding hydrogens is 270 g/mol. The molecule has 1 saturated heterocycles. The lowest BCUT2D eigenvalue weighted by Gasteiger charge is -2.20. The molecule has 3 nitrogen and oxygen atoms in total. The van der Waals surface area contributed by atoms with Crippen molar-refractivity contribution in [2.75, 3.05) is 6.61 Å². The SMILES string of the molecule is CC1(C(=O)Cc2ccc(Br)cn2)CCCO1. The van der Waals surface area contributed by atoms with Gasteiger partial charge in [-0.15, -0.1) is 0 Å². The largest absolute Gasteiger partial charge is 0.367 e. The van der Waals surface area contributed by atoms with Crippen LogP contribution < -0.4 is 0 Å². The first-order valence-electron chi connectivity index (χ1n) is 5.38. The number of aromatic nitrogens is 1. The maximum Gasteiger partial charge on any atom is 0.170 e. The fourth-order valence-corrected chi connectivity index (χ4v) is 2.10. The lowest BCUT2D eigenvalue weighted by Crippen LogP contribution is -2.35. The van der Waals surface area contributed by atoms with Crippen LogP contribution in [0.15, 0.2) is 22.8 Å². The number of Topliss-reactive ketones (excluding diaryl/α,β-unsaturated/α-hetero) is 1. The summed E-state index contributed by atoms with van der Waals surface area (Å²) >= 11 is 3.32. The molecule has 0 N–H and O–H groups in total. The summed E-state index contributed by atoms with van der Waals surface area (Å²) in [4.78, 5) is 16.2. The van der Waals surface area contributed by atoms with E-state index < -0.39 is 5.60 Å². The molecule has 0 saturated carbocycles. The zero-order chi connectivity index (χ0) is 11.6. The molecule has 16 heavy (non-hydrogen) atoms. The van der Waals surface area contributed by atoms with Gasteiger partial charge in [0, 0.05) is 23.0 Å². The maximum atomic E-state index is 12.0. The van der Waals surface area contributed by atoms with Crippen LogP contribution in [0.5, 0.6) is 0 Å².